The molecule has 2 saturated heterocycles. The smallest absolute Gasteiger partial charge is 0.341 e. The van der Waals surface area contributed by atoms with Crippen LogP contribution >= 0.6 is 11.6 Å². The molecule has 11 nitrogen and oxygen atoms in total. The van der Waals surface area contributed by atoms with E-state index >= 15 is 0 Å². The van der Waals surface area contributed by atoms with Crippen LogP contribution in [-0.4, -0.2) is 67.4 Å². The van der Waals surface area contributed by atoms with E-state index in [1.165, 1.54) is 38.5 Å². The lowest BCUT2D eigenvalue weighted by Crippen LogP contribution is -2.58. The number of aliphatic hydroxyl groups is 1. The highest BCUT2D eigenvalue weighted by molar-refractivity contribution is 6.32. The molecule has 2 aromatic rings. The van der Waals surface area contributed by atoms with Gasteiger partial charge in [0.2, 0.25) is 11.8 Å². The minimum Gasteiger partial charge on any atom is -0.497 e. The van der Waals surface area contributed by atoms with Crippen LogP contribution in [0.4, 0.5) is 5.69 Å². The van der Waals surface area contributed by atoms with Crippen molar-refractivity contribution in [3.8, 4) is 11.5 Å². The van der Waals surface area contributed by atoms with Crippen LogP contribution in [-0.2, 0) is 19.1 Å². The molecule has 2 aromatic carbocycles. The maximum absolute atomic E-state index is 13.8. The molecule has 2 amide bonds. The number of carbonyl (C=O) groups excluding carboxylic acids is 3. The molecule has 4 rings (SSSR count). The zero-order valence-electron chi connectivity index (χ0n) is 20.4. The summed E-state index contributed by atoms with van der Waals surface area (Å²) in [5.74, 6) is -6.41. The fraction of sp³-hybridized carbons (Fsp3) is 0.360. The zero-order valence-corrected chi connectivity index (χ0v) is 21.2. The van der Waals surface area contributed by atoms with Crippen molar-refractivity contribution in [2.45, 2.75) is 18.5 Å². The second kappa shape index (κ2) is 9.66. The third-order valence-electron chi connectivity index (χ3n) is 6.99. The molecule has 0 radical (unpaired) electrons. The monoisotopic (exact) mass is 532 g/mol. The molecule has 2 fully saturated rings. The first-order valence-corrected chi connectivity index (χ1v) is 11.5. The summed E-state index contributed by atoms with van der Waals surface area (Å²) < 4.78 is 15.6. The fourth-order valence-electron chi connectivity index (χ4n) is 5.11. The number of carboxylic acid groups (broad SMARTS) is 1. The Kier molecular flexibility index (Phi) is 6.89. The van der Waals surface area contributed by atoms with Gasteiger partial charge in [0.1, 0.15) is 17.1 Å². The summed E-state index contributed by atoms with van der Waals surface area (Å²) in [4.78, 5) is 53.7. The Morgan fingerprint density at radius 1 is 1.11 bits per heavy atom. The van der Waals surface area contributed by atoms with Gasteiger partial charge < -0.3 is 24.4 Å². The number of carbonyl (C=O) groups is 4. The van der Waals surface area contributed by atoms with Gasteiger partial charge in [0.15, 0.2) is 5.54 Å². The van der Waals surface area contributed by atoms with Gasteiger partial charge in [-0.2, -0.15) is 0 Å². The number of imide groups is 1. The average molecular weight is 533 g/mol. The Morgan fingerprint density at radius 2 is 1.81 bits per heavy atom. The van der Waals surface area contributed by atoms with Crippen molar-refractivity contribution < 1.29 is 43.6 Å². The van der Waals surface area contributed by atoms with Crippen LogP contribution in [0.3, 0.4) is 0 Å². The van der Waals surface area contributed by atoms with Gasteiger partial charge in [-0.05, 0) is 36.2 Å². The molecular formula is C25H25ClN2O9. The Hall–Kier alpha value is -3.67. The fourth-order valence-corrected chi connectivity index (χ4v) is 5.29. The average Bonchev–Trinajstić information content (AvgIpc) is 3.38. The summed E-state index contributed by atoms with van der Waals surface area (Å²) in [7, 11) is 3.85. The van der Waals surface area contributed by atoms with Crippen molar-refractivity contribution in [1.82, 2.24) is 5.32 Å². The number of hydrogen-bond acceptors (Lipinski definition) is 9. The third-order valence-corrected chi connectivity index (χ3v) is 7.39. The van der Waals surface area contributed by atoms with Crippen LogP contribution in [0.25, 0.3) is 0 Å². The van der Waals surface area contributed by atoms with Crippen LogP contribution < -0.4 is 19.7 Å². The number of rotatable bonds is 7. The number of aryl methyl sites for hydroxylation is 1. The van der Waals surface area contributed by atoms with Gasteiger partial charge in [-0.3, -0.25) is 19.7 Å². The number of methoxy groups -OCH3 is 3. The van der Waals surface area contributed by atoms with Crippen LogP contribution in [0.15, 0.2) is 30.3 Å². The predicted octanol–water partition coefficient (Wildman–Crippen LogP) is 1.72. The highest BCUT2D eigenvalue weighted by atomic mass is 35.5. The zero-order chi connectivity index (χ0) is 27.2. The standard InChI is InChI=1S/C25H25ClN2O9/c1-11-5-6-12(7-15(11)26)28-21(30)18-19(22(28)31)25(10-29,24(33)34)27-20(18)14-8-13(35-2)9-16(36-3)17(14)23(32)37-4/h5-9,18-20,27,29H,10H2,1-4H3,(H,33,34). The topological polar surface area (TPSA) is 152 Å². The van der Waals surface area contributed by atoms with Gasteiger partial charge in [0, 0.05) is 17.1 Å². The first-order valence-electron chi connectivity index (χ1n) is 11.2. The lowest BCUT2D eigenvalue weighted by molar-refractivity contribution is -0.150. The lowest BCUT2D eigenvalue weighted by atomic mass is 9.79. The number of nitrogens with one attached hydrogen (secondary N) is 1. The van der Waals surface area contributed by atoms with Crippen LogP contribution in [0.1, 0.15) is 27.5 Å². The Balaban J connectivity index is 1.96. The van der Waals surface area contributed by atoms with Crippen LogP contribution in [0.5, 0.6) is 11.5 Å². The van der Waals surface area contributed by atoms with Crippen molar-refractivity contribution in [2.24, 2.45) is 11.8 Å². The molecule has 0 spiro atoms. The van der Waals surface area contributed by atoms with E-state index in [0.29, 0.717) is 10.6 Å². The predicted molar refractivity (Wildman–Crippen MR) is 130 cm³/mol. The number of aliphatic carboxylic acids is 1. The highest BCUT2D eigenvalue weighted by Crippen LogP contribution is 2.51. The van der Waals surface area contributed by atoms with E-state index in [1.54, 1.807) is 13.0 Å². The number of aliphatic hydroxyl groups excluding tert-OH is 1. The summed E-state index contributed by atoms with van der Waals surface area (Å²) in [5, 5.41) is 23.5. The Morgan fingerprint density at radius 3 is 2.35 bits per heavy atom. The maximum atomic E-state index is 13.8. The third kappa shape index (κ3) is 3.90. The molecule has 0 aliphatic carbocycles. The number of benzene rings is 2. The summed E-state index contributed by atoms with van der Waals surface area (Å²) in [6, 6.07) is 6.24. The molecule has 3 N–H and O–H groups in total. The Labute approximate surface area is 216 Å². The first-order chi connectivity index (χ1) is 17.6. The highest BCUT2D eigenvalue weighted by Gasteiger charge is 2.69. The second-order valence-corrected chi connectivity index (χ2v) is 9.20. The largest absolute Gasteiger partial charge is 0.497 e. The van der Waals surface area contributed by atoms with Crippen LogP contribution in [0.2, 0.25) is 5.02 Å². The number of fused-ring (bicyclic) bond motifs is 1. The van der Waals surface area contributed by atoms with Gasteiger partial charge in [0.05, 0.1) is 45.5 Å². The van der Waals surface area contributed by atoms with E-state index < -0.39 is 53.8 Å². The number of anilines is 1. The molecule has 196 valence electrons. The van der Waals surface area contributed by atoms with Crippen molar-refractivity contribution in [1.29, 1.82) is 0 Å². The summed E-state index contributed by atoms with van der Waals surface area (Å²) >= 11 is 6.23. The maximum Gasteiger partial charge on any atom is 0.341 e. The van der Waals surface area contributed by atoms with E-state index in [9.17, 15) is 29.4 Å². The van der Waals surface area contributed by atoms with Gasteiger partial charge in [-0.15, -0.1) is 0 Å². The Bertz CT molecular complexity index is 1310. The number of nitrogens with zero attached hydrogens (tertiary/aromatic N) is 1. The van der Waals surface area contributed by atoms with Crippen molar-refractivity contribution in [2.75, 3.05) is 32.8 Å². The number of hydrogen-bond donors (Lipinski definition) is 3. The number of carboxylic acids is 1. The summed E-state index contributed by atoms with van der Waals surface area (Å²) in [6.07, 6.45) is 0. The summed E-state index contributed by atoms with van der Waals surface area (Å²) in [5.41, 5.74) is -1.33. The quantitative estimate of drug-likeness (QED) is 0.355. The molecule has 2 aliphatic heterocycles. The minimum absolute atomic E-state index is 0.0512. The van der Waals surface area contributed by atoms with Crippen molar-refractivity contribution >= 4 is 41.0 Å². The molecule has 4 atom stereocenters. The molecule has 0 saturated carbocycles. The molecule has 0 aromatic heterocycles. The van der Waals surface area contributed by atoms with Gasteiger partial charge in [-0.25, -0.2) is 9.69 Å². The van der Waals surface area contributed by atoms with Gasteiger partial charge in [0.25, 0.3) is 0 Å². The molecule has 37 heavy (non-hydrogen) atoms. The van der Waals surface area contributed by atoms with E-state index in [0.717, 1.165) is 12.0 Å². The molecule has 4 unspecified atom stereocenters. The number of amides is 2. The summed E-state index contributed by atoms with van der Waals surface area (Å²) in [6.45, 7) is 0.746. The number of ether oxygens (including phenoxy) is 3. The molecule has 2 aliphatic rings. The minimum atomic E-state index is -2.23. The number of esters is 1. The SMILES string of the molecule is COC(=O)c1c(OC)cc(OC)cc1C1NC(CO)(C(=O)O)C2C(=O)N(c3ccc(C)c(Cl)c3)C(=O)C12. The molecule has 12 heteroatoms. The van der Waals surface area contributed by atoms with E-state index in [2.05, 4.69) is 5.32 Å². The van der Waals surface area contributed by atoms with Gasteiger partial charge >= 0.3 is 11.9 Å². The normalized spacial score (nSPS) is 24.7. The van der Waals surface area contributed by atoms with E-state index in [-0.39, 0.29) is 28.3 Å². The van der Waals surface area contributed by atoms with Gasteiger partial charge in [-0.1, -0.05) is 17.7 Å². The van der Waals surface area contributed by atoms with E-state index in [4.69, 9.17) is 25.8 Å². The lowest BCUT2D eigenvalue weighted by Gasteiger charge is -2.29. The molecular weight excluding hydrogens is 508 g/mol. The van der Waals surface area contributed by atoms with E-state index in [1.807, 2.05) is 0 Å². The molecule has 0 bridgehead atoms. The van der Waals surface area contributed by atoms with Crippen molar-refractivity contribution in [3.05, 3.63) is 52.0 Å². The van der Waals surface area contributed by atoms with Crippen LogP contribution in [0, 0.1) is 18.8 Å². The van der Waals surface area contributed by atoms with Crippen molar-refractivity contribution in [3.63, 3.8) is 0 Å². The molecule has 2 heterocycles. The first kappa shape index (κ1) is 26.4. The number of halogens is 1. The second-order valence-electron chi connectivity index (χ2n) is 8.79.